The van der Waals surface area contributed by atoms with Crippen LogP contribution in [0.1, 0.15) is 77.6 Å². The molecule has 2 unspecified atom stereocenters. The topological polar surface area (TPSA) is 87.0 Å². The Morgan fingerprint density at radius 3 is 2.68 bits per heavy atom. The van der Waals surface area contributed by atoms with E-state index < -0.39 is 5.97 Å². The molecule has 6 atom stereocenters. The zero-order valence-electron chi connectivity index (χ0n) is 15.6. The van der Waals surface area contributed by atoms with Gasteiger partial charge < -0.3 is 20.1 Å². The second-order valence-electron chi connectivity index (χ2n) is 8.08. The van der Waals surface area contributed by atoms with Gasteiger partial charge in [0.15, 0.2) is 0 Å². The summed E-state index contributed by atoms with van der Waals surface area (Å²) in [4.78, 5) is 10.5. The van der Waals surface area contributed by atoms with E-state index >= 15 is 0 Å². The molecule has 25 heavy (non-hydrogen) atoms. The van der Waals surface area contributed by atoms with Crippen molar-refractivity contribution in [3.05, 3.63) is 0 Å². The molecule has 2 aliphatic rings. The van der Waals surface area contributed by atoms with Crippen LogP contribution in [-0.2, 0) is 9.53 Å². The average molecular weight is 357 g/mol. The summed E-state index contributed by atoms with van der Waals surface area (Å²) in [6, 6.07) is 0. The minimum Gasteiger partial charge on any atom is -0.481 e. The number of aliphatic hydroxyl groups excluding tert-OH is 2. The highest BCUT2D eigenvalue weighted by atomic mass is 16.5. The van der Waals surface area contributed by atoms with Crippen molar-refractivity contribution in [2.45, 2.75) is 95.9 Å². The molecule has 5 heteroatoms. The summed E-state index contributed by atoms with van der Waals surface area (Å²) in [5, 5.41) is 29.2. The van der Waals surface area contributed by atoms with Gasteiger partial charge in [-0.1, -0.05) is 26.2 Å². The highest BCUT2D eigenvalue weighted by Crippen LogP contribution is 2.50. The minimum atomic E-state index is -0.771. The maximum absolute atomic E-state index is 10.5. The monoisotopic (exact) mass is 356 g/mol. The van der Waals surface area contributed by atoms with Crippen molar-refractivity contribution < 1.29 is 24.9 Å². The second-order valence-corrected chi connectivity index (χ2v) is 8.08. The molecule has 0 heterocycles. The van der Waals surface area contributed by atoms with Crippen molar-refractivity contribution in [1.29, 1.82) is 0 Å². The molecule has 3 N–H and O–H groups in total. The van der Waals surface area contributed by atoms with Crippen LogP contribution in [0.2, 0.25) is 0 Å². The SMILES string of the molecule is CCCCCC(O)CC[C@H]1[C@@H]2CC(OCCCC(=O)O)C[C@@H]2C[C@@H]1O. The quantitative estimate of drug-likeness (QED) is 0.467. The standard InChI is InChI=1S/C20H36O5/c1-2-3-4-6-15(21)8-9-17-18-13-16(11-14(18)12-19(17)22)25-10-5-7-20(23)24/h14-19,21-22H,2-13H2,1H3,(H,23,24)/t14-,15?,16?,17+,18-,19+/m1/s1. The first-order valence-electron chi connectivity index (χ1n) is 10.2. The molecule has 0 amide bonds. The summed E-state index contributed by atoms with van der Waals surface area (Å²) in [6.45, 7) is 2.68. The fourth-order valence-electron chi connectivity index (χ4n) is 4.85. The van der Waals surface area contributed by atoms with Crippen molar-refractivity contribution in [2.24, 2.45) is 17.8 Å². The number of rotatable bonds is 12. The molecule has 0 aromatic heterocycles. The van der Waals surface area contributed by atoms with Gasteiger partial charge in [-0.2, -0.15) is 0 Å². The van der Waals surface area contributed by atoms with E-state index in [1.807, 2.05) is 0 Å². The van der Waals surface area contributed by atoms with Gasteiger partial charge in [-0.3, -0.25) is 4.79 Å². The molecule has 0 aromatic carbocycles. The van der Waals surface area contributed by atoms with E-state index in [-0.39, 0.29) is 24.7 Å². The fourth-order valence-corrected chi connectivity index (χ4v) is 4.85. The van der Waals surface area contributed by atoms with Crippen LogP contribution in [0.15, 0.2) is 0 Å². The van der Waals surface area contributed by atoms with Crippen molar-refractivity contribution in [3.63, 3.8) is 0 Å². The number of carboxylic acids is 1. The first kappa shape index (κ1) is 20.7. The van der Waals surface area contributed by atoms with Crippen LogP contribution in [-0.4, -0.2) is 46.2 Å². The average Bonchev–Trinajstić information content (AvgIpc) is 3.06. The zero-order chi connectivity index (χ0) is 18.2. The maximum Gasteiger partial charge on any atom is 0.303 e. The van der Waals surface area contributed by atoms with E-state index in [1.165, 1.54) is 12.8 Å². The lowest BCUT2D eigenvalue weighted by atomic mass is 9.86. The van der Waals surface area contributed by atoms with Gasteiger partial charge in [0.2, 0.25) is 0 Å². The highest BCUT2D eigenvalue weighted by molar-refractivity contribution is 5.66. The molecule has 0 aliphatic heterocycles. The van der Waals surface area contributed by atoms with E-state index in [0.29, 0.717) is 30.8 Å². The molecule has 2 aliphatic carbocycles. The van der Waals surface area contributed by atoms with Crippen LogP contribution in [0, 0.1) is 17.8 Å². The lowest BCUT2D eigenvalue weighted by Crippen LogP contribution is -2.23. The Hall–Kier alpha value is -0.650. The number of aliphatic carboxylic acids is 1. The highest BCUT2D eigenvalue weighted by Gasteiger charge is 2.47. The van der Waals surface area contributed by atoms with Crippen molar-refractivity contribution >= 4 is 5.97 Å². The van der Waals surface area contributed by atoms with Crippen LogP contribution >= 0.6 is 0 Å². The number of ether oxygens (including phenoxy) is 1. The van der Waals surface area contributed by atoms with Gasteiger partial charge in [-0.25, -0.2) is 0 Å². The Morgan fingerprint density at radius 2 is 1.96 bits per heavy atom. The van der Waals surface area contributed by atoms with Crippen LogP contribution in [0.5, 0.6) is 0 Å². The summed E-state index contributed by atoms with van der Waals surface area (Å²) in [7, 11) is 0. The summed E-state index contributed by atoms with van der Waals surface area (Å²) >= 11 is 0. The number of carboxylic acid groups (broad SMARTS) is 1. The Labute approximate surface area is 151 Å². The molecular formula is C20H36O5. The van der Waals surface area contributed by atoms with E-state index in [2.05, 4.69) is 6.92 Å². The largest absolute Gasteiger partial charge is 0.481 e. The Balaban J connectivity index is 1.69. The van der Waals surface area contributed by atoms with E-state index in [0.717, 1.165) is 44.9 Å². The van der Waals surface area contributed by atoms with Crippen LogP contribution in [0.25, 0.3) is 0 Å². The van der Waals surface area contributed by atoms with Crippen LogP contribution in [0.3, 0.4) is 0 Å². The van der Waals surface area contributed by atoms with Gasteiger partial charge in [0.1, 0.15) is 0 Å². The smallest absolute Gasteiger partial charge is 0.303 e. The Morgan fingerprint density at radius 1 is 1.16 bits per heavy atom. The molecule has 2 rings (SSSR count). The number of carbonyl (C=O) groups is 1. The molecule has 0 saturated heterocycles. The van der Waals surface area contributed by atoms with Gasteiger partial charge in [-0.05, 0) is 62.7 Å². The van der Waals surface area contributed by atoms with Crippen molar-refractivity contribution in [2.75, 3.05) is 6.61 Å². The number of hydrogen-bond donors (Lipinski definition) is 3. The molecule has 2 fully saturated rings. The first-order valence-corrected chi connectivity index (χ1v) is 10.2. The third-order valence-electron chi connectivity index (χ3n) is 6.16. The molecule has 5 nitrogen and oxygen atoms in total. The summed E-state index contributed by atoms with van der Waals surface area (Å²) in [5.74, 6) is 0.551. The molecule has 146 valence electrons. The fraction of sp³-hybridized carbons (Fsp3) is 0.950. The summed E-state index contributed by atoms with van der Waals surface area (Å²) < 4.78 is 5.87. The first-order chi connectivity index (χ1) is 12.0. The lowest BCUT2D eigenvalue weighted by molar-refractivity contribution is -0.137. The van der Waals surface area contributed by atoms with Crippen LogP contribution < -0.4 is 0 Å². The molecule has 0 aromatic rings. The van der Waals surface area contributed by atoms with Crippen molar-refractivity contribution in [1.82, 2.24) is 0 Å². The van der Waals surface area contributed by atoms with Gasteiger partial charge in [0, 0.05) is 13.0 Å². The van der Waals surface area contributed by atoms with Gasteiger partial charge in [0.25, 0.3) is 0 Å². The summed E-state index contributed by atoms with van der Waals surface area (Å²) in [6.07, 6.45) is 9.31. The Bertz CT molecular complexity index is 400. The Kier molecular flexibility index (Phi) is 8.67. The van der Waals surface area contributed by atoms with E-state index in [1.54, 1.807) is 0 Å². The van der Waals surface area contributed by atoms with E-state index in [9.17, 15) is 15.0 Å². The molecule has 0 spiro atoms. The predicted molar refractivity (Wildman–Crippen MR) is 96.3 cm³/mol. The zero-order valence-corrected chi connectivity index (χ0v) is 15.6. The second kappa shape index (κ2) is 10.5. The van der Waals surface area contributed by atoms with Crippen LogP contribution in [0.4, 0.5) is 0 Å². The van der Waals surface area contributed by atoms with Gasteiger partial charge in [0.05, 0.1) is 18.3 Å². The normalized spacial score (nSPS) is 32.7. The third-order valence-corrected chi connectivity index (χ3v) is 6.16. The van der Waals surface area contributed by atoms with E-state index in [4.69, 9.17) is 9.84 Å². The number of hydrogen-bond acceptors (Lipinski definition) is 4. The number of unbranched alkanes of at least 4 members (excludes halogenated alkanes) is 2. The predicted octanol–water partition coefficient (Wildman–Crippen LogP) is 3.36. The molecule has 2 saturated carbocycles. The van der Waals surface area contributed by atoms with Gasteiger partial charge >= 0.3 is 5.97 Å². The van der Waals surface area contributed by atoms with Gasteiger partial charge in [-0.15, -0.1) is 0 Å². The maximum atomic E-state index is 10.5. The third kappa shape index (κ3) is 6.54. The minimum absolute atomic E-state index is 0.164. The lowest BCUT2D eigenvalue weighted by Gasteiger charge is -2.23. The van der Waals surface area contributed by atoms with Crippen molar-refractivity contribution in [3.8, 4) is 0 Å². The number of fused-ring (bicyclic) bond motifs is 1. The number of aliphatic hydroxyl groups is 2. The molecule has 0 bridgehead atoms. The molecular weight excluding hydrogens is 320 g/mol. The summed E-state index contributed by atoms with van der Waals surface area (Å²) in [5.41, 5.74) is 0. The molecule has 0 radical (unpaired) electrons.